The van der Waals surface area contributed by atoms with E-state index in [-0.39, 0.29) is 54.2 Å². The van der Waals surface area contributed by atoms with E-state index in [1.165, 1.54) is 11.8 Å². The van der Waals surface area contributed by atoms with E-state index in [1.54, 1.807) is 49.4 Å². The van der Waals surface area contributed by atoms with Crippen LogP contribution in [0, 0.1) is 0 Å². The molecule has 1 aliphatic rings. The first kappa shape index (κ1) is 26.7. The Kier molecular flexibility index (Phi) is 7.87. The molecular formula is C28H28ClF2NO5. The van der Waals surface area contributed by atoms with E-state index in [4.69, 9.17) is 25.8 Å². The molecular weight excluding hydrogens is 504 g/mol. The van der Waals surface area contributed by atoms with Crippen molar-refractivity contribution in [3.63, 3.8) is 0 Å². The van der Waals surface area contributed by atoms with Gasteiger partial charge in [-0.05, 0) is 31.5 Å². The Balaban J connectivity index is 1.79. The van der Waals surface area contributed by atoms with Crippen LogP contribution in [0.5, 0.6) is 11.5 Å². The number of benzene rings is 3. The average Bonchev–Trinajstić information content (AvgIpc) is 3.20. The van der Waals surface area contributed by atoms with Crippen LogP contribution in [0.2, 0.25) is 5.02 Å². The van der Waals surface area contributed by atoms with Crippen LogP contribution in [0.3, 0.4) is 0 Å². The monoisotopic (exact) mass is 531 g/mol. The van der Waals surface area contributed by atoms with Gasteiger partial charge in [0, 0.05) is 22.8 Å². The highest BCUT2D eigenvalue weighted by Crippen LogP contribution is 2.47. The number of hydrogen-bond acceptors (Lipinski definition) is 5. The van der Waals surface area contributed by atoms with Gasteiger partial charge in [-0.2, -0.15) is 0 Å². The molecule has 1 amide bonds. The number of ether oxygens (including phenoxy) is 3. The van der Waals surface area contributed by atoms with E-state index in [1.807, 2.05) is 6.92 Å². The number of nitrogens with zero attached hydrogens (tertiary/aromatic N) is 1. The van der Waals surface area contributed by atoms with Gasteiger partial charge in [0.1, 0.15) is 11.5 Å². The minimum atomic E-state index is -3.02. The maximum Gasteiger partial charge on any atom is 0.310 e. The fourth-order valence-electron chi connectivity index (χ4n) is 4.36. The molecule has 0 unspecified atom stereocenters. The van der Waals surface area contributed by atoms with Crippen molar-refractivity contribution in [1.82, 2.24) is 0 Å². The van der Waals surface area contributed by atoms with Gasteiger partial charge in [-0.1, -0.05) is 48.9 Å². The van der Waals surface area contributed by atoms with Gasteiger partial charge in [-0.3, -0.25) is 9.59 Å². The number of anilines is 1. The Morgan fingerprint density at radius 2 is 1.73 bits per heavy atom. The van der Waals surface area contributed by atoms with Crippen molar-refractivity contribution < 1.29 is 32.6 Å². The number of esters is 1. The van der Waals surface area contributed by atoms with E-state index in [9.17, 15) is 18.4 Å². The van der Waals surface area contributed by atoms with E-state index >= 15 is 0 Å². The molecule has 0 fully saturated rings. The van der Waals surface area contributed by atoms with Crippen LogP contribution in [-0.2, 0) is 22.5 Å². The molecule has 0 spiro atoms. The van der Waals surface area contributed by atoms with Crippen LogP contribution in [0.4, 0.5) is 14.5 Å². The molecule has 6 nitrogen and oxygen atoms in total. The summed E-state index contributed by atoms with van der Waals surface area (Å²) in [5.41, 5.74) is 1.79. The standard InChI is InChI=1S/C28H28ClF2NO5/c1-4-28(30,31)16-37-25-18-9-7-8-10-19(18)26(36-6-3)24-20(25)15-32(27(24)34)22-12-11-17(13-21(22)29)14-23(33)35-5-2/h7-13H,4-6,14-16H2,1-3H3. The summed E-state index contributed by atoms with van der Waals surface area (Å²) >= 11 is 6.56. The molecule has 1 heterocycles. The lowest BCUT2D eigenvalue weighted by molar-refractivity contribution is -0.142. The zero-order valence-electron chi connectivity index (χ0n) is 20.9. The Bertz CT molecular complexity index is 1340. The largest absolute Gasteiger partial charge is 0.492 e. The predicted octanol–water partition coefficient (Wildman–Crippen LogP) is 6.58. The molecule has 0 atom stereocenters. The number of fused-ring (bicyclic) bond motifs is 2. The third-order valence-electron chi connectivity index (χ3n) is 6.18. The minimum Gasteiger partial charge on any atom is -0.492 e. The van der Waals surface area contributed by atoms with Gasteiger partial charge in [-0.25, -0.2) is 8.78 Å². The summed E-state index contributed by atoms with van der Waals surface area (Å²) in [5, 5.41) is 1.46. The van der Waals surface area contributed by atoms with Crippen molar-refractivity contribution in [1.29, 1.82) is 0 Å². The molecule has 0 saturated carbocycles. The van der Waals surface area contributed by atoms with Gasteiger partial charge in [0.15, 0.2) is 6.61 Å². The first-order valence-electron chi connectivity index (χ1n) is 12.2. The summed E-state index contributed by atoms with van der Waals surface area (Å²) in [6, 6.07) is 12.1. The summed E-state index contributed by atoms with van der Waals surface area (Å²) < 4.78 is 45.0. The maximum absolute atomic E-state index is 14.2. The Hall–Kier alpha value is -3.39. The molecule has 3 aromatic rings. The van der Waals surface area contributed by atoms with Crippen LogP contribution in [0.15, 0.2) is 42.5 Å². The van der Waals surface area contributed by atoms with Crippen LogP contribution in [0.1, 0.15) is 48.7 Å². The van der Waals surface area contributed by atoms with Gasteiger partial charge >= 0.3 is 5.97 Å². The number of hydrogen-bond donors (Lipinski definition) is 0. The summed E-state index contributed by atoms with van der Waals surface area (Å²) in [6.07, 6.45) is -0.325. The van der Waals surface area contributed by atoms with Gasteiger partial charge in [0.05, 0.1) is 42.5 Å². The molecule has 0 aromatic heterocycles. The Morgan fingerprint density at radius 1 is 1.03 bits per heavy atom. The van der Waals surface area contributed by atoms with E-state index in [0.29, 0.717) is 39.9 Å². The van der Waals surface area contributed by atoms with E-state index < -0.39 is 12.5 Å². The Labute approximate surface area is 219 Å². The fraction of sp³-hybridized carbons (Fsp3) is 0.357. The van der Waals surface area contributed by atoms with Crippen LogP contribution in [-0.4, -0.2) is 37.6 Å². The second kappa shape index (κ2) is 10.9. The van der Waals surface area contributed by atoms with Crippen LogP contribution < -0.4 is 14.4 Å². The molecule has 0 radical (unpaired) electrons. The number of carbonyl (C=O) groups excluding carboxylic acids is 2. The molecule has 1 aliphatic heterocycles. The van der Waals surface area contributed by atoms with Gasteiger partial charge in [0.2, 0.25) is 0 Å². The molecule has 0 N–H and O–H groups in total. The number of carbonyl (C=O) groups is 2. The lowest BCUT2D eigenvalue weighted by Crippen LogP contribution is -2.25. The molecule has 196 valence electrons. The predicted molar refractivity (Wildman–Crippen MR) is 138 cm³/mol. The van der Waals surface area contributed by atoms with Crippen LogP contribution >= 0.6 is 11.6 Å². The van der Waals surface area contributed by atoms with Crippen molar-refractivity contribution in [3.8, 4) is 11.5 Å². The zero-order valence-corrected chi connectivity index (χ0v) is 21.7. The van der Waals surface area contributed by atoms with Crippen molar-refractivity contribution in [2.75, 3.05) is 24.7 Å². The van der Waals surface area contributed by atoms with Gasteiger partial charge in [-0.15, -0.1) is 0 Å². The summed E-state index contributed by atoms with van der Waals surface area (Å²) in [5.74, 6) is -3.17. The number of halogens is 3. The summed E-state index contributed by atoms with van der Waals surface area (Å²) in [4.78, 5) is 27.1. The normalized spacial score (nSPS) is 13.1. The van der Waals surface area contributed by atoms with Crippen molar-refractivity contribution in [3.05, 3.63) is 64.2 Å². The summed E-state index contributed by atoms with van der Waals surface area (Å²) in [7, 11) is 0. The number of alkyl halides is 2. The molecule has 0 aliphatic carbocycles. The second-order valence-electron chi connectivity index (χ2n) is 8.65. The third kappa shape index (κ3) is 5.34. The lowest BCUT2D eigenvalue weighted by atomic mass is 9.99. The van der Waals surface area contributed by atoms with Gasteiger partial charge < -0.3 is 19.1 Å². The highest BCUT2D eigenvalue weighted by Gasteiger charge is 2.38. The number of rotatable bonds is 10. The zero-order chi connectivity index (χ0) is 26.7. The quantitative estimate of drug-likeness (QED) is 0.276. The first-order valence-corrected chi connectivity index (χ1v) is 12.5. The topological polar surface area (TPSA) is 65.1 Å². The second-order valence-corrected chi connectivity index (χ2v) is 9.05. The molecule has 0 bridgehead atoms. The average molecular weight is 532 g/mol. The molecule has 3 aromatic carbocycles. The third-order valence-corrected chi connectivity index (χ3v) is 6.49. The Morgan fingerprint density at radius 3 is 2.35 bits per heavy atom. The smallest absolute Gasteiger partial charge is 0.310 e. The van der Waals surface area contributed by atoms with Crippen LogP contribution in [0.25, 0.3) is 10.8 Å². The molecule has 9 heteroatoms. The lowest BCUT2D eigenvalue weighted by Gasteiger charge is -2.20. The van der Waals surface area contributed by atoms with Crippen molar-refractivity contribution in [2.45, 2.75) is 46.1 Å². The van der Waals surface area contributed by atoms with Gasteiger partial charge in [0.25, 0.3) is 11.8 Å². The van der Waals surface area contributed by atoms with E-state index in [2.05, 4.69) is 0 Å². The molecule has 0 saturated heterocycles. The SMILES string of the molecule is CCOC(=O)Cc1ccc(N2Cc3c(c(OCC)c4ccccc4c3OCC(F)(F)CC)C2=O)c(Cl)c1. The maximum atomic E-state index is 14.2. The first-order chi connectivity index (χ1) is 17.7. The van der Waals surface area contributed by atoms with Crippen molar-refractivity contribution >= 4 is 39.9 Å². The highest BCUT2D eigenvalue weighted by atomic mass is 35.5. The minimum absolute atomic E-state index is 0.0471. The highest BCUT2D eigenvalue weighted by molar-refractivity contribution is 6.34. The van der Waals surface area contributed by atoms with Crippen molar-refractivity contribution in [2.24, 2.45) is 0 Å². The fourth-order valence-corrected chi connectivity index (χ4v) is 4.67. The molecule has 37 heavy (non-hydrogen) atoms. The summed E-state index contributed by atoms with van der Waals surface area (Å²) in [6.45, 7) is 4.75. The number of amides is 1. The molecule has 4 rings (SSSR count). The van der Waals surface area contributed by atoms with E-state index in [0.717, 1.165) is 0 Å².